The first kappa shape index (κ1) is 22.4. The normalized spacial score (nSPS) is 15.0. The molecule has 0 aliphatic carbocycles. The van der Waals surface area contributed by atoms with Crippen molar-refractivity contribution in [3.63, 3.8) is 0 Å². The van der Waals surface area contributed by atoms with Gasteiger partial charge in [-0.3, -0.25) is 4.79 Å². The van der Waals surface area contributed by atoms with Crippen molar-refractivity contribution >= 4 is 33.1 Å². The van der Waals surface area contributed by atoms with Gasteiger partial charge in [0.15, 0.2) is 0 Å². The fourth-order valence-electron chi connectivity index (χ4n) is 3.48. The Hall–Kier alpha value is -2.82. The Morgan fingerprint density at radius 3 is 2.47 bits per heavy atom. The van der Waals surface area contributed by atoms with Crippen LogP contribution >= 0.6 is 11.3 Å². The number of hydrogen-bond acceptors (Lipinski definition) is 6. The van der Waals surface area contributed by atoms with Gasteiger partial charge in [0.25, 0.3) is 5.91 Å². The molecule has 1 aromatic carbocycles. The quantitative estimate of drug-likeness (QED) is 0.570. The Kier molecular flexibility index (Phi) is 6.83. The number of benzene rings is 1. The Labute approximate surface area is 190 Å². The second-order valence-corrected chi connectivity index (χ2v) is 10.5. The molecule has 3 aromatic rings. The van der Waals surface area contributed by atoms with Crippen molar-refractivity contribution < 1.29 is 17.6 Å². The summed E-state index contributed by atoms with van der Waals surface area (Å²) in [6.45, 7) is 1.96. The van der Waals surface area contributed by atoms with Crippen LogP contribution in [0.15, 0.2) is 60.8 Å². The molecule has 3 heterocycles. The molecule has 7 nitrogen and oxygen atoms in total. The minimum Gasteiger partial charge on any atom is -0.354 e. The third kappa shape index (κ3) is 5.32. The highest BCUT2D eigenvalue weighted by atomic mass is 32.2. The Bertz CT molecular complexity index is 1160. The van der Waals surface area contributed by atoms with Crippen LogP contribution in [0.3, 0.4) is 0 Å². The number of rotatable bonds is 7. The number of thiophene rings is 1. The van der Waals surface area contributed by atoms with E-state index in [4.69, 9.17) is 0 Å². The average Bonchev–Trinajstić information content (AvgIpc) is 3.30. The smallest absolute Gasteiger partial charge is 0.261 e. The molecule has 1 amide bonds. The van der Waals surface area contributed by atoms with Crippen molar-refractivity contribution in [2.24, 2.45) is 0 Å². The number of hydrogen-bond donors (Lipinski definition) is 1. The molecule has 1 saturated heterocycles. The number of carbonyl (C=O) groups is 1. The van der Waals surface area contributed by atoms with Crippen molar-refractivity contribution in [1.29, 1.82) is 0 Å². The standard InChI is InChI=1S/C22H23FN4O3S2/c23-18-6-4-17(5-7-18)19-8-9-20(31-19)22(28)25-11-16-32(29,30)27-14-12-26(13-15-27)21-3-1-2-10-24-21/h1-10H,11-16H2,(H,25,28). The highest BCUT2D eigenvalue weighted by Crippen LogP contribution is 2.28. The fourth-order valence-corrected chi connectivity index (χ4v) is 5.74. The van der Waals surface area contributed by atoms with Crippen LogP contribution in [0, 0.1) is 5.82 Å². The number of halogens is 1. The highest BCUT2D eigenvalue weighted by molar-refractivity contribution is 7.89. The summed E-state index contributed by atoms with van der Waals surface area (Å²) in [7, 11) is -3.47. The van der Waals surface area contributed by atoms with E-state index in [1.807, 2.05) is 18.2 Å². The molecule has 32 heavy (non-hydrogen) atoms. The molecule has 4 rings (SSSR count). The number of anilines is 1. The van der Waals surface area contributed by atoms with Crippen molar-refractivity contribution in [2.45, 2.75) is 0 Å². The van der Waals surface area contributed by atoms with Crippen molar-refractivity contribution in [3.8, 4) is 10.4 Å². The fraction of sp³-hybridized carbons (Fsp3) is 0.273. The third-order valence-corrected chi connectivity index (χ3v) is 8.21. The Balaban J connectivity index is 1.27. The lowest BCUT2D eigenvalue weighted by Gasteiger charge is -2.34. The molecule has 0 saturated carbocycles. The van der Waals surface area contributed by atoms with E-state index in [1.54, 1.807) is 30.5 Å². The number of piperazine rings is 1. The second-order valence-electron chi connectivity index (χ2n) is 7.32. The van der Waals surface area contributed by atoms with Gasteiger partial charge in [0, 0.05) is 43.8 Å². The van der Waals surface area contributed by atoms with Crippen LogP contribution < -0.4 is 10.2 Å². The maximum absolute atomic E-state index is 13.1. The number of carbonyl (C=O) groups excluding carboxylic acids is 1. The van der Waals surface area contributed by atoms with E-state index in [0.717, 1.165) is 16.3 Å². The molecule has 0 bridgehead atoms. The van der Waals surface area contributed by atoms with Gasteiger partial charge < -0.3 is 10.2 Å². The first-order chi connectivity index (χ1) is 15.4. The van der Waals surface area contributed by atoms with Crippen LogP contribution in [0.4, 0.5) is 10.2 Å². The molecule has 0 atom stereocenters. The molecule has 1 fully saturated rings. The monoisotopic (exact) mass is 474 g/mol. The number of sulfonamides is 1. The molecule has 10 heteroatoms. The summed E-state index contributed by atoms with van der Waals surface area (Å²) in [5.41, 5.74) is 0.822. The molecule has 1 N–H and O–H groups in total. The van der Waals surface area contributed by atoms with Crippen LogP contribution in [-0.4, -0.2) is 62.1 Å². The van der Waals surface area contributed by atoms with Gasteiger partial charge in [0.1, 0.15) is 11.6 Å². The molecule has 0 unspecified atom stereocenters. The predicted molar refractivity (Wildman–Crippen MR) is 124 cm³/mol. The molecule has 1 aliphatic heterocycles. The molecule has 2 aromatic heterocycles. The lowest BCUT2D eigenvalue weighted by molar-refractivity contribution is 0.0960. The summed E-state index contributed by atoms with van der Waals surface area (Å²) < 4.78 is 39.9. The largest absolute Gasteiger partial charge is 0.354 e. The topological polar surface area (TPSA) is 82.6 Å². The van der Waals surface area contributed by atoms with Crippen LogP contribution in [0.2, 0.25) is 0 Å². The minimum absolute atomic E-state index is 0.0331. The number of nitrogens with zero attached hydrogens (tertiary/aromatic N) is 3. The zero-order valence-corrected chi connectivity index (χ0v) is 18.9. The Morgan fingerprint density at radius 2 is 1.78 bits per heavy atom. The van der Waals surface area contributed by atoms with Gasteiger partial charge in [-0.1, -0.05) is 18.2 Å². The van der Waals surface area contributed by atoms with E-state index in [1.165, 1.54) is 27.8 Å². The Morgan fingerprint density at radius 1 is 1.03 bits per heavy atom. The number of amides is 1. The van der Waals surface area contributed by atoms with Gasteiger partial charge in [0.2, 0.25) is 10.0 Å². The summed E-state index contributed by atoms with van der Waals surface area (Å²) in [5.74, 6) is 0.0485. The summed E-state index contributed by atoms with van der Waals surface area (Å²) in [6.07, 6.45) is 1.72. The number of aromatic nitrogens is 1. The highest BCUT2D eigenvalue weighted by Gasteiger charge is 2.27. The summed E-state index contributed by atoms with van der Waals surface area (Å²) >= 11 is 1.28. The lowest BCUT2D eigenvalue weighted by Crippen LogP contribution is -2.50. The zero-order chi connectivity index (χ0) is 22.6. The summed E-state index contributed by atoms with van der Waals surface area (Å²) in [5, 5.41) is 2.69. The van der Waals surface area contributed by atoms with E-state index in [0.29, 0.717) is 31.1 Å². The van der Waals surface area contributed by atoms with E-state index in [-0.39, 0.29) is 24.0 Å². The predicted octanol–water partition coefficient (Wildman–Crippen LogP) is 2.83. The van der Waals surface area contributed by atoms with Gasteiger partial charge in [-0.2, -0.15) is 4.31 Å². The van der Waals surface area contributed by atoms with Gasteiger partial charge in [-0.15, -0.1) is 11.3 Å². The van der Waals surface area contributed by atoms with Crippen LogP contribution in [0.5, 0.6) is 0 Å². The molecule has 168 valence electrons. The third-order valence-electron chi connectivity index (χ3n) is 5.21. The first-order valence-electron chi connectivity index (χ1n) is 10.2. The van der Waals surface area contributed by atoms with Crippen molar-refractivity contribution in [3.05, 3.63) is 71.5 Å². The lowest BCUT2D eigenvalue weighted by atomic mass is 10.2. The van der Waals surface area contributed by atoms with E-state index < -0.39 is 10.0 Å². The molecule has 0 radical (unpaired) electrons. The minimum atomic E-state index is -3.47. The van der Waals surface area contributed by atoms with Crippen molar-refractivity contribution in [1.82, 2.24) is 14.6 Å². The van der Waals surface area contributed by atoms with Gasteiger partial charge in [-0.05, 0) is 42.0 Å². The van der Waals surface area contributed by atoms with E-state index >= 15 is 0 Å². The zero-order valence-electron chi connectivity index (χ0n) is 17.3. The molecular formula is C22H23FN4O3S2. The average molecular weight is 475 g/mol. The number of nitrogens with one attached hydrogen (secondary N) is 1. The first-order valence-corrected chi connectivity index (χ1v) is 12.6. The SMILES string of the molecule is O=C(NCCS(=O)(=O)N1CCN(c2ccccn2)CC1)c1ccc(-c2ccc(F)cc2)s1. The van der Waals surface area contributed by atoms with Gasteiger partial charge >= 0.3 is 0 Å². The molecule has 0 spiro atoms. The molecular weight excluding hydrogens is 451 g/mol. The summed E-state index contributed by atoms with van der Waals surface area (Å²) in [4.78, 5) is 20.1. The van der Waals surface area contributed by atoms with Crippen LogP contribution in [0.1, 0.15) is 9.67 Å². The van der Waals surface area contributed by atoms with Gasteiger partial charge in [0.05, 0.1) is 10.6 Å². The number of pyridine rings is 1. The second kappa shape index (κ2) is 9.76. The van der Waals surface area contributed by atoms with E-state index in [9.17, 15) is 17.6 Å². The van der Waals surface area contributed by atoms with Gasteiger partial charge in [-0.25, -0.2) is 17.8 Å². The van der Waals surface area contributed by atoms with Crippen LogP contribution in [0.25, 0.3) is 10.4 Å². The molecule has 1 aliphatic rings. The maximum atomic E-state index is 13.1. The maximum Gasteiger partial charge on any atom is 0.261 e. The van der Waals surface area contributed by atoms with E-state index in [2.05, 4.69) is 15.2 Å². The summed E-state index contributed by atoms with van der Waals surface area (Å²) in [6, 6.07) is 15.2. The van der Waals surface area contributed by atoms with Crippen LogP contribution in [-0.2, 0) is 10.0 Å². The van der Waals surface area contributed by atoms with Crippen molar-refractivity contribution in [2.75, 3.05) is 43.4 Å².